The normalized spacial score (nSPS) is 10.9. The molecule has 0 atom stereocenters. The molecule has 0 saturated carbocycles. The van der Waals surface area contributed by atoms with Gasteiger partial charge in [-0.25, -0.2) is 4.98 Å². The average Bonchev–Trinajstić information content (AvgIpc) is 2.89. The lowest BCUT2D eigenvalue weighted by Gasteiger charge is -2.06. The minimum absolute atomic E-state index is 0.800. The first-order valence-electron chi connectivity index (χ1n) is 6.54. The van der Waals surface area contributed by atoms with Crippen molar-refractivity contribution < 1.29 is 4.74 Å². The Morgan fingerprint density at radius 2 is 2.05 bits per heavy atom. The minimum atomic E-state index is 0.800. The lowest BCUT2D eigenvalue weighted by atomic mass is 10.1. The van der Waals surface area contributed by atoms with E-state index in [9.17, 15) is 0 Å². The van der Waals surface area contributed by atoms with Crippen LogP contribution in [-0.4, -0.2) is 17.1 Å². The number of hydrogen-bond acceptors (Lipinski definition) is 2. The maximum Gasteiger partial charge on any atom is 0.142 e. The Kier molecular flexibility index (Phi) is 3.49. The maximum atomic E-state index is 5.43. The van der Waals surface area contributed by atoms with Crippen LogP contribution >= 0.6 is 15.9 Å². The van der Waals surface area contributed by atoms with Gasteiger partial charge in [0.25, 0.3) is 0 Å². The van der Waals surface area contributed by atoms with Crippen LogP contribution in [0, 0.1) is 0 Å². The minimum Gasteiger partial charge on any atom is -0.496 e. The Labute approximate surface area is 126 Å². The third kappa shape index (κ3) is 2.31. The summed E-state index contributed by atoms with van der Waals surface area (Å²) in [5.74, 6) is 1.63. The Morgan fingerprint density at radius 1 is 1.20 bits per heavy atom. The van der Waals surface area contributed by atoms with Crippen molar-refractivity contribution in [1.29, 1.82) is 0 Å². The van der Waals surface area contributed by atoms with Gasteiger partial charge in [-0.05, 0) is 42.3 Å². The number of rotatable bonds is 3. The molecule has 0 fully saturated rings. The van der Waals surface area contributed by atoms with Crippen LogP contribution in [0.15, 0.2) is 40.9 Å². The van der Waals surface area contributed by atoms with Crippen molar-refractivity contribution in [1.82, 2.24) is 9.97 Å². The molecule has 0 unspecified atom stereocenters. The summed E-state index contributed by atoms with van der Waals surface area (Å²) in [6.07, 6.45) is 1.02. The van der Waals surface area contributed by atoms with Gasteiger partial charge in [0, 0.05) is 4.47 Å². The fourth-order valence-electron chi connectivity index (χ4n) is 2.26. The van der Waals surface area contributed by atoms with E-state index in [1.54, 1.807) is 7.11 Å². The zero-order valence-electron chi connectivity index (χ0n) is 11.4. The Balaban J connectivity index is 2.14. The number of nitrogens with one attached hydrogen (secondary N) is 1. The summed E-state index contributed by atoms with van der Waals surface area (Å²) < 4.78 is 6.42. The molecule has 1 N–H and O–H groups in total. The van der Waals surface area contributed by atoms with Crippen LogP contribution in [0.1, 0.15) is 12.5 Å². The molecule has 0 aliphatic heterocycles. The lowest BCUT2D eigenvalue weighted by molar-refractivity contribution is 0.416. The molecule has 2 aromatic carbocycles. The zero-order chi connectivity index (χ0) is 14.1. The van der Waals surface area contributed by atoms with Crippen molar-refractivity contribution in [2.24, 2.45) is 0 Å². The van der Waals surface area contributed by atoms with Crippen LogP contribution < -0.4 is 4.74 Å². The van der Waals surface area contributed by atoms with E-state index in [4.69, 9.17) is 4.74 Å². The van der Waals surface area contributed by atoms with Gasteiger partial charge in [-0.1, -0.05) is 28.9 Å². The number of nitrogens with zero attached hydrogens (tertiary/aromatic N) is 1. The summed E-state index contributed by atoms with van der Waals surface area (Å²) in [6.45, 7) is 2.15. The van der Waals surface area contributed by atoms with Crippen LogP contribution in [0.4, 0.5) is 0 Å². The molecule has 0 spiro atoms. The van der Waals surface area contributed by atoms with Crippen molar-refractivity contribution in [3.05, 3.63) is 46.4 Å². The molecule has 20 heavy (non-hydrogen) atoms. The van der Waals surface area contributed by atoms with Crippen molar-refractivity contribution in [2.45, 2.75) is 13.3 Å². The zero-order valence-corrected chi connectivity index (χ0v) is 13.0. The number of fused-ring (bicyclic) bond motifs is 1. The van der Waals surface area contributed by atoms with Crippen LogP contribution in [0.5, 0.6) is 5.75 Å². The smallest absolute Gasteiger partial charge is 0.142 e. The van der Waals surface area contributed by atoms with Gasteiger partial charge in [-0.2, -0.15) is 0 Å². The molecular formula is C16H15BrN2O. The number of aryl methyl sites for hydroxylation is 1. The van der Waals surface area contributed by atoms with Gasteiger partial charge < -0.3 is 9.72 Å². The summed E-state index contributed by atoms with van der Waals surface area (Å²) in [4.78, 5) is 8.02. The van der Waals surface area contributed by atoms with E-state index in [0.717, 1.165) is 39.1 Å². The SMILES string of the molecule is CCc1ccc2nc(-c3ccc(Br)cc3OC)[nH]c2c1. The van der Waals surface area contributed by atoms with Gasteiger partial charge in [0.15, 0.2) is 0 Å². The molecule has 0 aliphatic rings. The number of ether oxygens (including phenoxy) is 1. The third-order valence-corrected chi connectivity index (χ3v) is 3.87. The van der Waals surface area contributed by atoms with Crippen molar-refractivity contribution in [2.75, 3.05) is 7.11 Å². The van der Waals surface area contributed by atoms with Gasteiger partial charge in [0.1, 0.15) is 11.6 Å². The van der Waals surface area contributed by atoms with Gasteiger partial charge >= 0.3 is 0 Å². The fourth-order valence-corrected chi connectivity index (χ4v) is 2.61. The number of methoxy groups -OCH3 is 1. The Hall–Kier alpha value is -1.81. The van der Waals surface area contributed by atoms with Gasteiger partial charge in [0.05, 0.1) is 23.7 Å². The highest BCUT2D eigenvalue weighted by Gasteiger charge is 2.11. The first kappa shape index (κ1) is 13.2. The summed E-state index contributed by atoms with van der Waals surface area (Å²) in [5, 5.41) is 0. The van der Waals surface area contributed by atoms with Crippen molar-refractivity contribution >= 4 is 27.0 Å². The monoisotopic (exact) mass is 330 g/mol. The molecule has 102 valence electrons. The molecule has 3 rings (SSSR count). The number of imidazole rings is 1. The van der Waals surface area contributed by atoms with E-state index in [1.807, 2.05) is 18.2 Å². The number of H-pyrrole nitrogens is 1. The lowest BCUT2D eigenvalue weighted by Crippen LogP contribution is -1.89. The molecule has 0 aliphatic carbocycles. The molecule has 3 nitrogen and oxygen atoms in total. The van der Waals surface area contributed by atoms with E-state index < -0.39 is 0 Å². The Bertz CT molecular complexity index is 764. The molecule has 0 saturated heterocycles. The number of halogens is 1. The van der Waals surface area contributed by atoms with Crippen molar-refractivity contribution in [3.8, 4) is 17.1 Å². The van der Waals surface area contributed by atoms with Crippen molar-refractivity contribution in [3.63, 3.8) is 0 Å². The molecule has 0 radical (unpaired) electrons. The number of benzene rings is 2. The molecule has 1 heterocycles. The number of aromatic nitrogens is 2. The third-order valence-electron chi connectivity index (χ3n) is 3.37. The van der Waals surface area contributed by atoms with Gasteiger partial charge in [-0.15, -0.1) is 0 Å². The quantitative estimate of drug-likeness (QED) is 0.764. The highest BCUT2D eigenvalue weighted by molar-refractivity contribution is 9.10. The van der Waals surface area contributed by atoms with Crippen LogP contribution in [0.25, 0.3) is 22.4 Å². The highest BCUT2D eigenvalue weighted by atomic mass is 79.9. The average molecular weight is 331 g/mol. The molecular weight excluding hydrogens is 316 g/mol. The van der Waals surface area contributed by atoms with Gasteiger partial charge in [-0.3, -0.25) is 0 Å². The second-order valence-electron chi connectivity index (χ2n) is 4.64. The van der Waals surface area contributed by atoms with E-state index >= 15 is 0 Å². The van der Waals surface area contributed by atoms with Crippen LogP contribution in [-0.2, 0) is 6.42 Å². The summed E-state index contributed by atoms with van der Waals surface area (Å²) in [7, 11) is 1.67. The van der Waals surface area contributed by atoms with Crippen LogP contribution in [0.2, 0.25) is 0 Å². The molecule has 1 aromatic heterocycles. The van der Waals surface area contributed by atoms with E-state index in [2.05, 4.69) is 51.0 Å². The van der Waals surface area contributed by atoms with E-state index in [-0.39, 0.29) is 0 Å². The highest BCUT2D eigenvalue weighted by Crippen LogP contribution is 2.32. The second kappa shape index (κ2) is 5.29. The molecule has 0 bridgehead atoms. The van der Waals surface area contributed by atoms with E-state index in [0.29, 0.717) is 0 Å². The number of hydrogen-bond donors (Lipinski definition) is 1. The topological polar surface area (TPSA) is 37.9 Å². The standard InChI is InChI=1S/C16H15BrN2O/c1-3-10-4-7-13-14(8-10)19-16(18-13)12-6-5-11(17)9-15(12)20-2/h4-9H,3H2,1-2H3,(H,18,19). The number of aromatic amines is 1. The van der Waals surface area contributed by atoms with E-state index in [1.165, 1.54) is 5.56 Å². The van der Waals surface area contributed by atoms with Crippen LogP contribution in [0.3, 0.4) is 0 Å². The first-order chi connectivity index (χ1) is 9.71. The second-order valence-corrected chi connectivity index (χ2v) is 5.55. The largest absolute Gasteiger partial charge is 0.496 e. The summed E-state index contributed by atoms with van der Waals surface area (Å²) in [6, 6.07) is 12.3. The predicted molar refractivity (Wildman–Crippen MR) is 85.2 cm³/mol. The Morgan fingerprint density at radius 3 is 2.80 bits per heavy atom. The predicted octanol–water partition coefficient (Wildman–Crippen LogP) is 4.56. The molecule has 3 aromatic rings. The summed E-state index contributed by atoms with van der Waals surface area (Å²) in [5.41, 5.74) is 4.30. The molecule has 4 heteroatoms. The molecule has 0 amide bonds. The first-order valence-corrected chi connectivity index (χ1v) is 7.33. The summed E-state index contributed by atoms with van der Waals surface area (Å²) >= 11 is 3.45. The maximum absolute atomic E-state index is 5.43. The van der Waals surface area contributed by atoms with Gasteiger partial charge in [0.2, 0.25) is 0 Å². The fraction of sp³-hybridized carbons (Fsp3) is 0.188.